The van der Waals surface area contributed by atoms with Crippen LogP contribution in [0.15, 0.2) is 4.99 Å². The summed E-state index contributed by atoms with van der Waals surface area (Å²) < 4.78 is 0.438. The fourth-order valence-corrected chi connectivity index (χ4v) is 6.32. The van der Waals surface area contributed by atoms with Crippen molar-refractivity contribution in [3.63, 3.8) is 0 Å². The van der Waals surface area contributed by atoms with Crippen molar-refractivity contribution in [1.82, 2.24) is 15.1 Å². The second kappa shape index (κ2) is 9.34. The molecule has 3 aliphatic rings. The van der Waals surface area contributed by atoms with E-state index in [1.165, 1.54) is 44.3 Å². The second-order valence-electron chi connectivity index (χ2n) is 8.17. The number of piperidine rings is 1. The van der Waals surface area contributed by atoms with Gasteiger partial charge < -0.3 is 15.1 Å². The zero-order valence-corrected chi connectivity index (χ0v) is 17.5. The quantitative estimate of drug-likeness (QED) is 0.604. The number of carbonyl (C=O) groups is 1. The third-order valence-electron chi connectivity index (χ3n) is 6.27. The van der Waals surface area contributed by atoms with Gasteiger partial charge >= 0.3 is 0 Å². The van der Waals surface area contributed by atoms with E-state index in [1.807, 2.05) is 7.05 Å². The molecule has 148 valence electrons. The van der Waals surface area contributed by atoms with Crippen LogP contribution in [0.2, 0.25) is 0 Å². The van der Waals surface area contributed by atoms with E-state index < -0.39 is 0 Å². The molecule has 0 aromatic rings. The normalized spacial score (nSPS) is 26.8. The number of nitrogens with one attached hydrogen (secondary N) is 1. The van der Waals surface area contributed by atoms with Crippen molar-refractivity contribution in [3.8, 4) is 0 Å². The van der Waals surface area contributed by atoms with Crippen LogP contribution in [0.5, 0.6) is 0 Å². The van der Waals surface area contributed by atoms with Gasteiger partial charge in [0.1, 0.15) is 0 Å². The van der Waals surface area contributed by atoms with Crippen molar-refractivity contribution in [2.24, 2.45) is 4.99 Å². The molecule has 26 heavy (non-hydrogen) atoms. The van der Waals surface area contributed by atoms with Crippen molar-refractivity contribution >= 4 is 23.6 Å². The summed E-state index contributed by atoms with van der Waals surface area (Å²) in [6.45, 7) is 5.96. The minimum absolute atomic E-state index is 0.290. The number of hydrogen-bond donors (Lipinski definition) is 1. The summed E-state index contributed by atoms with van der Waals surface area (Å²) in [5, 5.41) is 3.47. The zero-order valence-electron chi connectivity index (χ0n) is 16.6. The van der Waals surface area contributed by atoms with Gasteiger partial charge in [-0.05, 0) is 39.0 Å². The van der Waals surface area contributed by atoms with Gasteiger partial charge in [0.2, 0.25) is 5.91 Å². The smallest absolute Gasteiger partial charge is 0.224 e. The fourth-order valence-electron chi connectivity index (χ4n) is 4.75. The minimum Gasteiger partial charge on any atom is -0.356 e. The van der Waals surface area contributed by atoms with E-state index in [1.54, 1.807) is 0 Å². The Morgan fingerprint density at radius 1 is 1.19 bits per heavy atom. The van der Waals surface area contributed by atoms with Crippen LogP contribution in [0.25, 0.3) is 0 Å². The van der Waals surface area contributed by atoms with Crippen molar-refractivity contribution in [2.45, 2.75) is 75.5 Å². The summed E-state index contributed by atoms with van der Waals surface area (Å²) in [6.07, 6.45) is 10.9. The van der Waals surface area contributed by atoms with Gasteiger partial charge in [-0.25, -0.2) is 0 Å². The molecule has 0 bridgehead atoms. The highest BCUT2D eigenvalue weighted by Crippen LogP contribution is 2.42. The lowest BCUT2D eigenvalue weighted by Crippen LogP contribution is -2.53. The molecule has 6 heteroatoms. The number of carbonyl (C=O) groups excluding carboxylic acids is 1. The molecule has 0 aromatic carbocycles. The van der Waals surface area contributed by atoms with E-state index >= 15 is 0 Å². The number of rotatable bonds is 3. The Hall–Kier alpha value is -0.910. The van der Waals surface area contributed by atoms with Crippen LogP contribution in [0.1, 0.15) is 64.7 Å². The first-order valence-corrected chi connectivity index (χ1v) is 11.5. The molecule has 1 saturated carbocycles. The van der Waals surface area contributed by atoms with Crippen LogP contribution < -0.4 is 5.32 Å². The van der Waals surface area contributed by atoms with E-state index in [9.17, 15) is 4.79 Å². The number of guanidine groups is 1. The van der Waals surface area contributed by atoms with Crippen LogP contribution in [-0.2, 0) is 4.79 Å². The lowest BCUT2D eigenvalue weighted by Gasteiger charge is -2.45. The van der Waals surface area contributed by atoms with Crippen LogP contribution in [-0.4, -0.2) is 71.4 Å². The maximum atomic E-state index is 12.5. The summed E-state index contributed by atoms with van der Waals surface area (Å²) in [4.78, 5) is 21.5. The molecule has 0 radical (unpaired) electrons. The maximum Gasteiger partial charge on any atom is 0.224 e. The van der Waals surface area contributed by atoms with Crippen LogP contribution >= 0.6 is 11.8 Å². The van der Waals surface area contributed by atoms with E-state index in [0.29, 0.717) is 23.8 Å². The molecule has 1 aliphatic carbocycles. The number of hydrogen-bond acceptors (Lipinski definition) is 3. The van der Waals surface area contributed by atoms with E-state index in [0.717, 1.165) is 38.4 Å². The fraction of sp³-hybridized carbons (Fsp3) is 0.900. The summed E-state index contributed by atoms with van der Waals surface area (Å²) in [7, 11) is 1.87. The highest BCUT2D eigenvalue weighted by molar-refractivity contribution is 8.00. The van der Waals surface area contributed by atoms with Gasteiger partial charge in [0.15, 0.2) is 5.96 Å². The van der Waals surface area contributed by atoms with Gasteiger partial charge in [-0.15, -0.1) is 0 Å². The summed E-state index contributed by atoms with van der Waals surface area (Å²) in [6, 6.07) is 0.404. The number of nitrogens with zero attached hydrogens (tertiary/aromatic N) is 3. The molecule has 1 amide bonds. The molecule has 5 nitrogen and oxygen atoms in total. The van der Waals surface area contributed by atoms with Crippen molar-refractivity contribution in [1.29, 1.82) is 0 Å². The van der Waals surface area contributed by atoms with Gasteiger partial charge in [0, 0.05) is 56.2 Å². The third kappa shape index (κ3) is 4.87. The summed E-state index contributed by atoms with van der Waals surface area (Å²) >= 11 is 2.18. The van der Waals surface area contributed by atoms with E-state index in [4.69, 9.17) is 0 Å². The lowest BCUT2D eigenvalue weighted by atomic mass is 9.87. The maximum absolute atomic E-state index is 12.5. The predicted molar refractivity (Wildman–Crippen MR) is 111 cm³/mol. The first-order valence-electron chi connectivity index (χ1n) is 10.5. The molecule has 2 aliphatic heterocycles. The van der Waals surface area contributed by atoms with E-state index in [2.05, 4.69) is 38.8 Å². The predicted octanol–water partition coefficient (Wildman–Crippen LogP) is 3.10. The zero-order chi connectivity index (χ0) is 18.4. The molecular formula is C20H36N4OS. The first-order chi connectivity index (χ1) is 12.6. The third-order valence-corrected chi connectivity index (χ3v) is 7.81. The standard InChI is InChI=1S/C20H36N4OS/c1-17-8-4-7-13-24(17)18(25)9-12-22-19(21-2)23-14-15-26-20(16-23)10-5-3-6-11-20/h17H,3-16H2,1-2H3,(H,21,22). The van der Waals surface area contributed by atoms with Crippen molar-refractivity contribution in [3.05, 3.63) is 0 Å². The molecule has 1 unspecified atom stereocenters. The molecule has 2 heterocycles. The van der Waals surface area contributed by atoms with Gasteiger partial charge in [0.05, 0.1) is 0 Å². The Bertz CT molecular complexity index is 499. The molecule has 2 saturated heterocycles. The SMILES string of the molecule is CN=C(NCCC(=O)N1CCCCC1C)N1CCSC2(CCCCC2)C1. The largest absolute Gasteiger partial charge is 0.356 e. The van der Waals surface area contributed by atoms with Gasteiger partial charge in [-0.1, -0.05) is 19.3 Å². The highest BCUT2D eigenvalue weighted by Gasteiger charge is 2.38. The lowest BCUT2D eigenvalue weighted by molar-refractivity contribution is -0.134. The Morgan fingerprint density at radius 3 is 2.73 bits per heavy atom. The topological polar surface area (TPSA) is 47.9 Å². The summed E-state index contributed by atoms with van der Waals surface area (Å²) in [5.41, 5.74) is 0. The van der Waals surface area contributed by atoms with Gasteiger partial charge in [0.25, 0.3) is 0 Å². The Balaban J connectivity index is 1.47. The average molecular weight is 381 g/mol. The molecule has 3 rings (SSSR count). The van der Waals surface area contributed by atoms with E-state index in [-0.39, 0.29) is 5.91 Å². The Kier molecular flexibility index (Phi) is 7.12. The molecule has 0 aromatic heterocycles. The van der Waals surface area contributed by atoms with Crippen LogP contribution in [0, 0.1) is 0 Å². The molecular weight excluding hydrogens is 344 g/mol. The average Bonchev–Trinajstić information content (AvgIpc) is 2.66. The molecule has 3 fully saturated rings. The number of amides is 1. The van der Waals surface area contributed by atoms with Gasteiger partial charge in [-0.2, -0.15) is 11.8 Å². The van der Waals surface area contributed by atoms with Crippen LogP contribution in [0.4, 0.5) is 0 Å². The molecule has 1 N–H and O–H groups in total. The highest BCUT2D eigenvalue weighted by atomic mass is 32.2. The first kappa shape index (κ1) is 19.8. The summed E-state index contributed by atoms with van der Waals surface area (Å²) in [5.74, 6) is 2.46. The second-order valence-corrected chi connectivity index (χ2v) is 9.73. The molecule has 1 atom stereocenters. The van der Waals surface area contributed by atoms with Crippen LogP contribution in [0.3, 0.4) is 0 Å². The molecule has 1 spiro atoms. The Labute approximate surface area is 163 Å². The van der Waals surface area contributed by atoms with Crippen molar-refractivity contribution in [2.75, 3.05) is 39.0 Å². The Morgan fingerprint density at radius 2 is 2.00 bits per heavy atom. The number of likely N-dealkylation sites (tertiary alicyclic amines) is 1. The number of thioether (sulfide) groups is 1. The minimum atomic E-state index is 0.290. The number of aliphatic imine (C=N–C) groups is 1. The monoisotopic (exact) mass is 380 g/mol. The van der Waals surface area contributed by atoms with Gasteiger partial charge in [-0.3, -0.25) is 9.79 Å². The van der Waals surface area contributed by atoms with Crippen molar-refractivity contribution < 1.29 is 4.79 Å².